The van der Waals surface area contributed by atoms with Gasteiger partial charge in [0.05, 0.1) is 0 Å². The molecule has 0 aliphatic carbocycles. The molecule has 4 nitrogen and oxygen atoms in total. The summed E-state index contributed by atoms with van der Waals surface area (Å²) in [7, 11) is 0. The number of hydrogen-bond donors (Lipinski definition) is 0. The third-order valence-electron chi connectivity index (χ3n) is 3.02. The van der Waals surface area contributed by atoms with Gasteiger partial charge in [0.2, 0.25) is 0 Å². The fourth-order valence-corrected chi connectivity index (χ4v) is 3.01. The smallest absolute Gasteiger partial charge is 0.191 e. The van der Waals surface area contributed by atoms with Crippen LogP contribution in [-0.2, 0) is 13.2 Å². The summed E-state index contributed by atoms with van der Waals surface area (Å²) >= 11 is 7.59. The van der Waals surface area contributed by atoms with E-state index in [0.29, 0.717) is 18.2 Å². The van der Waals surface area contributed by atoms with Crippen molar-refractivity contribution in [2.24, 2.45) is 0 Å². The second-order valence-corrected chi connectivity index (χ2v) is 6.24. The zero-order valence-corrected chi connectivity index (χ0v) is 14.2. The summed E-state index contributed by atoms with van der Waals surface area (Å²) in [6, 6.07) is 7.29. The second kappa shape index (κ2) is 8.86. The monoisotopic (exact) mass is 337 g/mol. The Hall–Kier alpha value is -1.46. The van der Waals surface area contributed by atoms with Crippen molar-refractivity contribution < 1.29 is 4.74 Å². The second-order valence-electron chi connectivity index (χ2n) is 4.74. The molecular weight excluding hydrogens is 318 g/mol. The van der Waals surface area contributed by atoms with E-state index < -0.39 is 0 Å². The van der Waals surface area contributed by atoms with E-state index >= 15 is 0 Å². The van der Waals surface area contributed by atoms with Gasteiger partial charge in [-0.15, -0.1) is 16.8 Å². The lowest BCUT2D eigenvalue weighted by molar-refractivity contribution is 0.289. The van der Waals surface area contributed by atoms with Gasteiger partial charge in [0.15, 0.2) is 11.0 Å². The molecule has 0 saturated carbocycles. The normalized spacial score (nSPS) is 10.6. The minimum atomic E-state index is 0.372. The minimum absolute atomic E-state index is 0.372. The highest BCUT2D eigenvalue weighted by molar-refractivity contribution is 7.99. The van der Waals surface area contributed by atoms with Crippen LogP contribution in [0.1, 0.15) is 25.6 Å². The van der Waals surface area contributed by atoms with Crippen molar-refractivity contribution >= 4 is 23.4 Å². The molecule has 0 spiro atoms. The predicted octanol–water partition coefficient (Wildman–Crippen LogP) is 4.59. The van der Waals surface area contributed by atoms with Gasteiger partial charge in [-0.2, -0.15) is 0 Å². The molecule has 2 aromatic rings. The SMILES string of the molecule is C=CCn1c(COc2ccc(Cl)cc2)nnc1SCCCC. The number of halogens is 1. The first-order valence-electron chi connectivity index (χ1n) is 7.28. The van der Waals surface area contributed by atoms with Gasteiger partial charge in [-0.25, -0.2) is 0 Å². The van der Waals surface area contributed by atoms with E-state index in [2.05, 4.69) is 23.7 Å². The van der Waals surface area contributed by atoms with Gasteiger partial charge in [-0.1, -0.05) is 42.8 Å². The molecule has 6 heteroatoms. The minimum Gasteiger partial charge on any atom is -0.486 e. The van der Waals surface area contributed by atoms with E-state index in [9.17, 15) is 0 Å². The first-order valence-corrected chi connectivity index (χ1v) is 8.65. The van der Waals surface area contributed by atoms with Crippen LogP contribution in [0, 0.1) is 0 Å². The Balaban J connectivity index is 2.02. The number of aromatic nitrogens is 3. The van der Waals surface area contributed by atoms with Crippen molar-refractivity contribution in [3.05, 3.63) is 47.8 Å². The third kappa shape index (κ3) is 4.78. The molecular formula is C16H20ClN3OS. The number of benzene rings is 1. The lowest BCUT2D eigenvalue weighted by Gasteiger charge is -2.09. The first-order chi connectivity index (χ1) is 10.7. The highest BCUT2D eigenvalue weighted by Crippen LogP contribution is 2.20. The van der Waals surface area contributed by atoms with Crippen LogP contribution < -0.4 is 4.74 Å². The van der Waals surface area contributed by atoms with Gasteiger partial charge in [0.25, 0.3) is 0 Å². The number of unbranched alkanes of at least 4 members (excludes halogenated alkanes) is 1. The zero-order chi connectivity index (χ0) is 15.8. The summed E-state index contributed by atoms with van der Waals surface area (Å²) in [5.74, 6) is 2.61. The molecule has 0 aliphatic heterocycles. The van der Waals surface area contributed by atoms with Gasteiger partial charge in [-0.05, 0) is 30.7 Å². The fraction of sp³-hybridized carbons (Fsp3) is 0.375. The van der Waals surface area contributed by atoms with Crippen LogP contribution >= 0.6 is 23.4 Å². The van der Waals surface area contributed by atoms with Crippen LogP contribution in [0.3, 0.4) is 0 Å². The Labute approximate surface area is 140 Å². The summed E-state index contributed by atoms with van der Waals surface area (Å²) < 4.78 is 7.79. The van der Waals surface area contributed by atoms with Crippen molar-refractivity contribution in [3.63, 3.8) is 0 Å². The van der Waals surface area contributed by atoms with Gasteiger partial charge < -0.3 is 4.74 Å². The molecule has 0 unspecified atom stereocenters. The number of ether oxygens (including phenoxy) is 1. The summed E-state index contributed by atoms with van der Waals surface area (Å²) in [6.07, 6.45) is 4.19. The Morgan fingerprint density at radius 2 is 2.09 bits per heavy atom. The lowest BCUT2D eigenvalue weighted by atomic mass is 10.3. The maximum Gasteiger partial charge on any atom is 0.191 e. The summed E-state index contributed by atoms with van der Waals surface area (Å²) in [5.41, 5.74) is 0. The highest BCUT2D eigenvalue weighted by Gasteiger charge is 2.12. The molecule has 118 valence electrons. The van der Waals surface area contributed by atoms with E-state index in [-0.39, 0.29) is 0 Å². The summed E-state index contributed by atoms with van der Waals surface area (Å²) in [6.45, 7) is 7.04. The predicted molar refractivity (Wildman–Crippen MR) is 91.6 cm³/mol. The molecule has 0 N–H and O–H groups in total. The Kier molecular flexibility index (Phi) is 6.80. The standard InChI is InChI=1S/C16H20ClN3OS/c1-3-5-11-22-16-19-18-15(20(16)10-4-2)12-21-14-8-6-13(17)7-9-14/h4,6-9H,2-3,5,10-12H2,1H3. The Morgan fingerprint density at radius 1 is 1.32 bits per heavy atom. The molecule has 1 aromatic carbocycles. The number of allylic oxidation sites excluding steroid dienone is 1. The highest BCUT2D eigenvalue weighted by atomic mass is 35.5. The van der Waals surface area contributed by atoms with E-state index in [1.54, 1.807) is 23.9 Å². The molecule has 0 atom stereocenters. The number of rotatable bonds is 9. The third-order valence-corrected chi connectivity index (χ3v) is 4.32. The van der Waals surface area contributed by atoms with E-state index in [0.717, 1.165) is 22.5 Å². The number of thioether (sulfide) groups is 1. The Morgan fingerprint density at radius 3 is 2.77 bits per heavy atom. The van der Waals surface area contributed by atoms with E-state index in [1.165, 1.54) is 12.8 Å². The topological polar surface area (TPSA) is 39.9 Å². The van der Waals surface area contributed by atoms with Crippen LogP contribution in [0.25, 0.3) is 0 Å². The van der Waals surface area contributed by atoms with Crippen molar-refractivity contribution in [1.29, 1.82) is 0 Å². The fourth-order valence-electron chi connectivity index (χ4n) is 1.83. The largest absolute Gasteiger partial charge is 0.486 e. The maximum absolute atomic E-state index is 5.86. The lowest BCUT2D eigenvalue weighted by Crippen LogP contribution is -2.07. The van der Waals surface area contributed by atoms with Crippen molar-refractivity contribution in [1.82, 2.24) is 14.8 Å². The van der Waals surface area contributed by atoms with Gasteiger partial charge in [-0.3, -0.25) is 4.57 Å². The average molecular weight is 338 g/mol. The molecule has 0 radical (unpaired) electrons. The Bertz CT molecular complexity index is 598. The molecule has 22 heavy (non-hydrogen) atoms. The van der Waals surface area contributed by atoms with E-state index in [1.807, 2.05) is 22.8 Å². The van der Waals surface area contributed by atoms with Gasteiger partial charge >= 0.3 is 0 Å². The molecule has 1 aromatic heterocycles. The van der Waals surface area contributed by atoms with Crippen molar-refractivity contribution in [2.75, 3.05) is 5.75 Å². The van der Waals surface area contributed by atoms with Crippen LogP contribution in [0.5, 0.6) is 5.75 Å². The molecule has 0 amide bonds. The molecule has 0 bridgehead atoms. The molecule has 0 fully saturated rings. The molecule has 0 saturated heterocycles. The quantitative estimate of drug-likeness (QED) is 0.381. The number of nitrogens with zero attached hydrogens (tertiary/aromatic N) is 3. The van der Waals surface area contributed by atoms with Crippen LogP contribution in [-0.4, -0.2) is 20.5 Å². The van der Waals surface area contributed by atoms with Gasteiger partial charge in [0, 0.05) is 17.3 Å². The maximum atomic E-state index is 5.86. The average Bonchev–Trinajstić information content (AvgIpc) is 2.90. The van der Waals surface area contributed by atoms with Crippen molar-refractivity contribution in [2.45, 2.75) is 38.1 Å². The van der Waals surface area contributed by atoms with E-state index in [4.69, 9.17) is 16.3 Å². The summed E-state index contributed by atoms with van der Waals surface area (Å²) in [4.78, 5) is 0. The summed E-state index contributed by atoms with van der Waals surface area (Å²) in [5, 5.41) is 10.1. The number of hydrogen-bond acceptors (Lipinski definition) is 4. The first kappa shape index (κ1) is 16.9. The van der Waals surface area contributed by atoms with Crippen LogP contribution in [0.4, 0.5) is 0 Å². The molecule has 2 rings (SSSR count). The molecule has 0 aliphatic rings. The van der Waals surface area contributed by atoms with Crippen LogP contribution in [0.15, 0.2) is 42.1 Å². The zero-order valence-electron chi connectivity index (χ0n) is 12.7. The van der Waals surface area contributed by atoms with Crippen LogP contribution in [0.2, 0.25) is 5.02 Å². The van der Waals surface area contributed by atoms with Gasteiger partial charge in [0.1, 0.15) is 12.4 Å². The van der Waals surface area contributed by atoms with Crippen molar-refractivity contribution in [3.8, 4) is 5.75 Å². The molecule has 1 heterocycles.